The van der Waals surface area contributed by atoms with Crippen LogP contribution < -0.4 is 0 Å². The maximum atomic E-state index is 5.10. The maximum Gasteiger partial charge on any atom is 0.164 e. The molecule has 0 aliphatic carbocycles. The van der Waals surface area contributed by atoms with E-state index in [2.05, 4.69) is 127 Å². The van der Waals surface area contributed by atoms with Gasteiger partial charge in [-0.15, -0.1) is 0 Å². The summed E-state index contributed by atoms with van der Waals surface area (Å²) in [4.78, 5) is 15.2. The number of aromatic nitrogens is 3. The van der Waals surface area contributed by atoms with Gasteiger partial charge in [-0.1, -0.05) is 170 Å². The highest BCUT2D eigenvalue weighted by molar-refractivity contribution is 6.22. The molecule has 0 atom stereocenters. The van der Waals surface area contributed by atoms with Crippen LogP contribution in [0.5, 0.6) is 0 Å². The highest BCUT2D eigenvalue weighted by Gasteiger charge is 2.19. The Morgan fingerprint density at radius 1 is 0.231 bits per heavy atom. The number of nitrogens with zero attached hydrogens (tertiary/aromatic N) is 3. The first-order valence-electron chi connectivity index (χ1n) is 17.6. The Hall–Kier alpha value is -6.97. The van der Waals surface area contributed by atoms with Gasteiger partial charge in [0.15, 0.2) is 17.5 Å². The van der Waals surface area contributed by atoms with E-state index in [1.807, 2.05) is 60.7 Å². The largest absolute Gasteiger partial charge is 0.208 e. The second-order valence-electron chi connectivity index (χ2n) is 13.2. The third-order valence-electron chi connectivity index (χ3n) is 10.1. The van der Waals surface area contributed by atoms with E-state index in [0.29, 0.717) is 17.5 Å². The van der Waals surface area contributed by atoms with Crippen molar-refractivity contribution < 1.29 is 0 Å². The summed E-state index contributed by atoms with van der Waals surface area (Å²) in [7, 11) is 0. The van der Waals surface area contributed by atoms with Crippen LogP contribution in [0, 0.1) is 0 Å². The molecule has 10 rings (SSSR count). The summed E-state index contributed by atoms with van der Waals surface area (Å²) in [5.41, 5.74) is 7.62. The fourth-order valence-corrected chi connectivity index (χ4v) is 7.57. The minimum absolute atomic E-state index is 0.638. The zero-order valence-corrected chi connectivity index (χ0v) is 28.2. The summed E-state index contributed by atoms with van der Waals surface area (Å²) in [6.45, 7) is 0. The Balaban J connectivity index is 1.29. The standard InChI is InChI=1S/C49H31N3/c1-3-15-34(16-4-1)47-50-48(35-17-5-2-6-18-35)52-49(51-47)40-27-28-43-44(31-40)46(39-26-24-33-14-8-10-20-37(33)30-39)42-22-12-11-21-41(42)45(43)38-25-23-32-13-7-9-19-36(32)29-38/h1-31H. The van der Waals surface area contributed by atoms with E-state index < -0.39 is 0 Å². The molecule has 52 heavy (non-hydrogen) atoms. The zero-order valence-electron chi connectivity index (χ0n) is 28.2. The summed E-state index contributed by atoms with van der Waals surface area (Å²) >= 11 is 0. The van der Waals surface area contributed by atoms with Crippen LogP contribution >= 0.6 is 0 Å². The summed E-state index contributed by atoms with van der Waals surface area (Å²) < 4.78 is 0. The Bertz CT molecular complexity index is 2890. The lowest BCUT2D eigenvalue weighted by Crippen LogP contribution is -2.00. The van der Waals surface area contributed by atoms with Gasteiger partial charge in [0.1, 0.15) is 0 Å². The third-order valence-corrected chi connectivity index (χ3v) is 10.1. The average molecular weight is 662 g/mol. The van der Waals surface area contributed by atoms with Gasteiger partial charge < -0.3 is 0 Å². The predicted octanol–water partition coefficient (Wildman–Crippen LogP) is 12.8. The molecule has 9 aromatic carbocycles. The van der Waals surface area contributed by atoms with Crippen LogP contribution in [0.4, 0.5) is 0 Å². The molecule has 0 aliphatic heterocycles. The van der Waals surface area contributed by atoms with E-state index in [0.717, 1.165) is 22.1 Å². The molecule has 3 heteroatoms. The predicted molar refractivity (Wildman–Crippen MR) is 217 cm³/mol. The van der Waals surface area contributed by atoms with Crippen molar-refractivity contribution in [2.45, 2.75) is 0 Å². The Morgan fingerprint density at radius 3 is 1.13 bits per heavy atom. The normalized spacial score (nSPS) is 11.5. The van der Waals surface area contributed by atoms with Gasteiger partial charge in [0, 0.05) is 16.7 Å². The molecular formula is C49H31N3. The van der Waals surface area contributed by atoms with Gasteiger partial charge in [0.2, 0.25) is 0 Å². The highest BCUT2D eigenvalue weighted by atomic mass is 15.0. The molecule has 0 spiro atoms. The van der Waals surface area contributed by atoms with E-state index in [4.69, 9.17) is 15.0 Å². The van der Waals surface area contributed by atoms with Crippen molar-refractivity contribution in [3.05, 3.63) is 188 Å². The fraction of sp³-hybridized carbons (Fsp3) is 0. The third kappa shape index (κ3) is 5.19. The summed E-state index contributed by atoms with van der Waals surface area (Å²) in [5, 5.41) is 9.65. The summed E-state index contributed by atoms with van der Waals surface area (Å²) in [6, 6.07) is 66.6. The lowest BCUT2D eigenvalue weighted by Gasteiger charge is -2.19. The van der Waals surface area contributed by atoms with Crippen molar-refractivity contribution in [1.29, 1.82) is 0 Å². The van der Waals surface area contributed by atoms with Crippen LogP contribution in [-0.2, 0) is 0 Å². The van der Waals surface area contributed by atoms with Gasteiger partial charge in [0.05, 0.1) is 0 Å². The minimum Gasteiger partial charge on any atom is -0.208 e. The maximum absolute atomic E-state index is 5.10. The highest BCUT2D eigenvalue weighted by Crippen LogP contribution is 2.45. The van der Waals surface area contributed by atoms with Crippen LogP contribution in [0.3, 0.4) is 0 Å². The van der Waals surface area contributed by atoms with Crippen molar-refractivity contribution in [2.75, 3.05) is 0 Å². The second kappa shape index (κ2) is 12.4. The molecule has 1 heterocycles. The van der Waals surface area contributed by atoms with E-state index in [1.54, 1.807) is 0 Å². The molecule has 0 saturated heterocycles. The first kappa shape index (κ1) is 29.9. The minimum atomic E-state index is 0.638. The summed E-state index contributed by atoms with van der Waals surface area (Å²) in [5.74, 6) is 1.93. The van der Waals surface area contributed by atoms with Crippen LogP contribution in [0.15, 0.2) is 188 Å². The fourth-order valence-electron chi connectivity index (χ4n) is 7.57. The Morgan fingerprint density at radius 2 is 0.615 bits per heavy atom. The van der Waals surface area contributed by atoms with E-state index in [9.17, 15) is 0 Å². The number of fused-ring (bicyclic) bond motifs is 4. The molecule has 0 unspecified atom stereocenters. The average Bonchev–Trinajstić information content (AvgIpc) is 3.22. The molecule has 0 bridgehead atoms. The second-order valence-corrected chi connectivity index (χ2v) is 13.2. The molecular weight excluding hydrogens is 631 g/mol. The molecule has 0 aliphatic rings. The van der Waals surface area contributed by atoms with Gasteiger partial charge in [-0.3, -0.25) is 0 Å². The lowest BCUT2D eigenvalue weighted by atomic mass is 9.84. The van der Waals surface area contributed by atoms with E-state index in [-0.39, 0.29) is 0 Å². The number of rotatable bonds is 5. The van der Waals surface area contributed by atoms with Crippen LogP contribution in [0.2, 0.25) is 0 Å². The van der Waals surface area contributed by atoms with Gasteiger partial charge in [0.25, 0.3) is 0 Å². The van der Waals surface area contributed by atoms with Crippen LogP contribution in [-0.4, -0.2) is 15.0 Å². The molecule has 0 amide bonds. The molecule has 1 aromatic heterocycles. The molecule has 3 nitrogen and oxygen atoms in total. The number of hydrogen-bond acceptors (Lipinski definition) is 3. The molecule has 0 fully saturated rings. The first-order valence-corrected chi connectivity index (χ1v) is 17.6. The number of benzene rings is 9. The SMILES string of the molecule is c1ccc(-c2nc(-c3ccccc3)nc(-c3ccc4c(-c5ccc6ccccc6c5)c5ccccc5c(-c5ccc6ccccc6c5)c4c3)n2)cc1. The molecule has 0 saturated carbocycles. The summed E-state index contributed by atoms with van der Waals surface area (Å²) in [6.07, 6.45) is 0. The van der Waals surface area contributed by atoms with Gasteiger partial charge in [-0.2, -0.15) is 0 Å². The van der Waals surface area contributed by atoms with Crippen LogP contribution in [0.1, 0.15) is 0 Å². The Kier molecular flexibility index (Phi) is 7.14. The molecule has 0 radical (unpaired) electrons. The van der Waals surface area contributed by atoms with Crippen molar-refractivity contribution in [3.63, 3.8) is 0 Å². The quantitative estimate of drug-likeness (QED) is 0.172. The lowest BCUT2D eigenvalue weighted by molar-refractivity contribution is 1.07. The van der Waals surface area contributed by atoms with Crippen molar-refractivity contribution >= 4 is 43.1 Å². The van der Waals surface area contributed by atoms with Gasteiger partial charge in [-0.05, 0) is 83.5 Å². The first-order chi connectivity index (χ1) is 25.8. The molecule has 0 N–H and O–H groups in total. The van der Waals surface area contributed by atoms with E-state index >= 15 is 0 Å². The molecule has 10 aromatic rings. The van der Waals surface area contributed by atoms with Gasteiger partial charge >= 0.3 is 0 Å². The van der Waals surface area contributed by atoms with Crippen molar-refractivity contribution in [1.82, 2.24) is 15.0 Å². The van der Waals surface area contributed by atoms with Crippen LogP contribution in [0.25, 0.3) is 99.5 Å². The van der Waals surface area contributed by atoms with E-state index in [1.165, 1.54) is 60.0 Å². The smallest absolute Gasteiger partial charge is 0.164 e. The van der Waals surface area contributed by atoms with Gasteiger partial charge in [-0.25, -0.2) is 15.0 Å². The van der Waals surface area contributed by atoms with Crippen molar-refractivity contribution in [2.24, 2.45) is 0 Å². The Labute approximate surface area is 301 Å². The zero-order chi connectivity index (χ0) is 34.4. The van der Waals surface area contributed by atoms with Crippen molar-refractivity contribution in [3.8, 4) is 56.4 Å². The molecule has 242 valence electrons. The monoisotopic (exact) mass is 661 g/mol. The number of hydrogen-bond donors (Lipinski definition) is 0. The topological polar surface area (TPSA) is 38.7 Å².